The number of aryl methyl sites for hydroxylation is 1. The van der Waals surface area contributed by atoms with Crippen LogP contribution in [0.25, 0.3) is 0 Å². The molecular weight excluding hydrogens is 276 g/mol. The Labute approximate surface area is 123 Å². The SMILES string of the molecule is Cc1nc(CSCC(=O)N[C@H]2CCCC[C@H]2C)cs1. The van der Waals surface area contributed by atoms with Gasteiger partial charge < -0.3 is 5.32 Å². The van der Waals surface area contributed by atoms with Crippen LogP contribution in [0.2, 0.25) is 0 Å². The Morgan fingerprint density at radius 2 is 2.32 bits per heavy atom. The number of aromatic nitrogens is 1. The molecule has 0 bridgehead atoms. The largest absolute Gasteiger partial charge is 0.352 e. The van der Waals surface area contributed by atoms with Gasteiger partial charge in [0.2, 0.25) is 5.91 Å². The van der Waals surface area contributed by atoms with Crippen LogP contribution in [0, 0.1) is 12.8 Å². The van der Waals surface area contributed by atoms with Gasteiger partial charge in [0.05, 0.1) is 16.5 Å². The maximum atomic E-state index is 11.9. The lowest BCUT2D eigenvalue weighted by Gasteiger charge is -2.29. The molecule has 1 amide bonds. The molecule has 1 aliphatic rings. The molecular formula is C14H22N2OS2. The number of carbonyl (C=O) groups excluding carboxylic acids is 1. The highest BCUT2D eigenvalue weighted by Crippen LogP contribution is 2.24. The summed E-state index contributed by atoms with van der Waals surface area (Å²) in [6.07, 6.45) is 4.95. The van der Waals surface area contributed by atoms with Gasteiger partial charge in [-0.15, -0.1) is 23.1 Å². The standard InChI is InChI=1S/C14H22N2OS2/c1-10-5-3-4-6-13(10)16-14(17)9-18-7-12-8-19-11(2)15-12/h8,10,13H,3-7,9H2,1-2H3,(H,16,17)/t10-,13+/m1/s1. The second kappa shape index (κ2) is 7.29. The summed E-state index contributed by atoms with van der Waals surface area (Å²) in [5, 5.41) is 6.35. The molecule has 0 saturated heterocycles. The molecule has 1 aromatic heterocycles. The summed E-state index contributed by atoms with van der Waals surface area (Å²) in [6.45, 7) is 4.26. The van der Waals surface area contributed by atoms with Gasteiger partial charge in [-0.1, -0.05) is 19.8 Å². The van der Waals surface area contributed by atoms with Gasteiger partial charge in [0, 0.05) is 17.2 Å². The third kappa shape index (κ3) is 4.80. The molecule has 0 spiro atoms. The van der Waals surface area contributed by atoms with Crippen molar-refractivity contribution in [3.8, 4) is 0 Å². The van der Waals surface area contributed by atoms with Crippen molar-refractivity contribution in [2.75, 3.05) is 5.75 Å². The van der Waals surface area contributed by atoms with Gasteiger partial charge in [-0.05, 0) is 25.7 Å². The van der Waals surface area contributed by atoms with E-state index in [-0.39, 0.29) is 5.91 Å². The van der Waals surface area contributed by atoms with Crippen LogP contribution in [0.5, 0.6) is 0 Å². The predicted molar refractivity (Wildman–Crippen MR) is 82.6 cm³/mol. The topological polar surface area (TPSA) is 42.0 Å². The lowest BCUT2D eigenvalue weighted by atomic mass is 9.86. The average molecular weight is 298 g/mol. The minimum atomic E-state index is 0.177. The van der Waals surface area contributed by atoms with E-state index in [0.29, 0.717) is 17.7 Å². The first kappa shape index (κ1) is 14.9. The molecule has 19 heavy (non-hydrogen) atoms. The summed E-state index contributed by atoms with van der Waals surface area (Å²) in [6, 6.07) is 0.392. The van der Waals surface area contributed by atoms with Gasteiger partial charge in [-0.2, -0.15) is 0 Å². The van der Waals surface area contributed by atoms with Crippen LogP contribution in [0.15, 0.2) is 5.38 Å². The minimum Gasteiger partial charge on any atom is -0.352 e. The highest BCUT2D eigenvalue weighted by molar-refractivity contribution is 7.99. The molecule has 0 aliphatic heterocycles. The molecule has 1 aromatic rings. The Kier molecular flexibility index (Phi) is 5.70. The summed E-state index contributed by atoms with van der Waals surface area (Å²) in [5.74, 6) is 2.18. The van der Waals surface area contributed by atoms with Crippen LogP contribution in [-0.2, 0) is 10.5 Å². The quantitative estimate of drug-likeness (QED) is 0.906. The zero-order valence-corrected chi connectivity index (χ0v) is 13.3. The third-order valence-electron chi connectivity index (χ3n) is 3.61. The average Bonchev–Trinajstić information content (AvgIpc) is 2.78. The van der Waals surface area contributed by atoms with Crippen LogP contribution in [-0.4, -0.2) is 22.7 Å². The summed E-state index contributed by atoms with van der Waals surface area (Å²) < 4.78 is 0. The van der Waals surface area contributed by atoms with Gasteiger partial charge in [0.25, 0.3) is 0 Å². The van der Waals surface area contributed by atoms with E-state index < -0.39 is 0 Å². The Balaban J connectivity index is 1.66. The van der Waals surface area contributed by atoms with Gasteiger partial charge in [0.15, 0.2) is 0 Å². The Bertz CT molecular complexity index is 419. The molecule has 5 heteroatoms. The molecule has 1 N–H and O–H groups in total. The highest BCUT2D eigenvalue weighted by Gasteiger charge is 2.22. The Hall–Kier alpha value is -0.550. The van der Waals surface area contributed by atoms with E-state index >= 15 is 0 Å². The van der Waals surface area contributed by atoms with E-state index in [1.54, 1.807) is 23.1 Å². The smallest absolute Gasteiger partial charge is 0.230 e. The Morgan fingerprint density at radius 3 is 3.00 bits per heavy atom. The van der Waals surface area contributed by atoms with Crippen molar-refractivity contribution in [2.45, 2.75) is 51.3 Å². The fraction of sp³-hybridized carbons (Fsp3) is 0.714. The summed E-state index contributed by atoms with van der Waals surface area (Å²) in [4.78, 5) is 16.3. The van der Waals surface area contributed by atoms with Gasteiger partial charge in [-0.3, -0.25) is 4.79 Å². The molecule has 106 valence electrons. The van der Waals surface area contributed by atoms with Crippen LogP contribution in [0.1, 0.15) is 43.3 Å². The molecule has 1 heterocycles. The zero-order valence-electron chi connectivity index (χ0n) is 11.6. The molecule has 0 unspecified atom stereocenters. The van der Waals surface area contributed by atoms with E-state index in [2.05, 4.69) is 22.6 Å². The second-order valence-corrected chi connectivity index (χ2v) is 7.33. The third-order valence-corrected chi connectivity index (χ3v) is 5.40. The molecule has 1 fully saturated rings. The Morgan fingerprint density at radius 1 is 1.53 bits per heavy atom. The monoisotopic (exact) mass is 298 g/mol. The number of carbonyl (C=O) groups is 1. The number of amides is 1. The van der Waals surface area contributed by atoms with Crippen molar-refractivity contribution in [3.63, 3.8) is 0 Å². The van der Waals surface area contributed by atoms with Crippen LogP contribution in [0.3, 0.4) is 0 Å². The fourth-order valence-corrected chi connectivity index (χ4v) is 3.95. The van der Waals surface area contributed by atoms with Crippen LogP contribution in [0.4, 0.5) is 0 Å². The molecule has 2 atom stereocenters. The number of thiazole rings is 1. The van der Waals surface area contributed by atoms with E-state index in [4.69, 9.17) is 0 Å². The molecule has 1 saturated carbocycles. The van der Waals surface area contributed by atoms with Gasteiger partial charge in [0.1, 0.15) is 0 Å². The number of nitrogens with zero attached hydrogens (tertiary/aromatic N) is 1. The molecule has 1 aliphatic carbocycles. The maximum absolute atomic E-state index is 11.9. The number of rotatable bonds is 5. The van der Waals surface area contributed by atoms with E-state index in [0.717, 1.165) is 22.9 Å². The summed E-state index contributed by atoms with van der Waals surface area (Å²) in [7, 11) is 0. The van der Waals surface area contributed by atoms with Crippen molar-refractivity contribution in [1.29, 1.82) is 0 Å². The van der Waals surface area contributed by atoms with Gasteiger partial charge >= 0.3 is 0 Å². The maximum Gasteiger partial charge on any atom is 0.230 e. The number of nitrogens with one attached hydrogen (secondary N) is 1. The highest BCUT2D eigenvalue weighted by atomic mass is 32.2. The van der Waals surface area contributed by atoms with E-state index in [9.17, 15) is 4.79 Å². The van der Waals surface area contributed by atoms with Crippen molar-refractivity contribution in [2.24, 2.45) is 5.92 Å². The first-order chi connectivity index (χ1) is 9.15. The first-order valence-corrected chi connectivity index (χ1v) is 8.96. The van der Waals surface area contributed by atoms with E-state index in [1.807, 2.05) is 6.92 Å². The number of hydrogen-bond acceptors (Lipinski definition) is 4. The van der Waals surface area contributed by atoms with Crippen molar-refractivity contribution < 1.29 is 4.79 Å². The zero-order chi connectivity index (χ0) is 13.7. The minimum absolute atomic E-state index is 0.177. The molecule has 2 rings (SSSR count). The van der Waals surface area contributed by atoms with Crippen molar-refractivity contribution in [3.05, 3.63) is 16.1 Å². The lowest BCUT2D eigenvalue weighted by molar-refractivity contribution is -0.119. The van der Waals surface area contributed by atoms with Crippen LogP contribution >= 0.6 is 23.1 Å². The normalized spacial score (nSPS) is 23.3. The van der Waals surface area contributed by atoms with Gasteiger partial charge in [-0.25, -0.2) is 4.98 Å². The van der Waals surface area contributed by atoms with E-state index in [1.165, 1.54) is 19.3 Å². The fourth-order valence-electron chi connectivity index (χ4n) is 2.50. The summed E-state index contributed by atoms with van der Waals surface area (Å²) >= 11 is 3.32. The molecule has 0 aromatic carbocycles. The van der Waals surface area contributed by atoms with Crippen LogP contribution < -0.4 is 5.32 Å². The van der Waals surface area contributed by atoms with Crippen molar-refractivity contribution in [1.82, 2.24) is 10.3 Å². The number of thioether (sulfide) groups is 1. The predicted octanol–water partition coefficient (Wildman–Crippen LogP) is 3.38. The first-order valence-electron chi connectivity index (χ1n) is 6.93. The second-order valence-electron chi connectivity index (χ2n) is 5.29. The summed E-state index contributed by atoms with van der Waals surface area (Å²) in [5.41, 5.74) is 1.09. The molecule has 3 nitrogen and oxygen atoms in total. The lowest BCUT2D eigenvalue weighted by Crippen LogP contribution is -2.41. The molecule has 0 radical (unpaired) electrons. The van der Waals surface area contributed by atoms with Crippen molar-refractivity contribution >= 4 is 29.0 Å². The number of hydrogen-bond donors (Lipinski definition) is 1.